The Balaban J connectivity index is 0.000000175. The van der Waals surface area contributed by atoms with E-state index in [0.717, 1.165) is 44.9 Å². The molecule has 5 aromatic rings. The number of hydrogen-bond donors (Lipinski definition) is 0. The summed E-state index contributed by atoms with van der Waals surface area (Å²) >= 11 is 0. The molecule has 2 aliphatic heterocycles. The summed E-state index contributed by atoms with van der Waals surface area (Å²) in [5, 5.41) is 2.25. The first kappa shape index (κ1) is 24.1. The molecule has 0 radical (unpaired) electrons. The fourth-order valence-electron chi connectivity index (χ4n) is 4.45. The normalized spacial score (nSPS) is 12.8. The summed E-state index contributed by atoms with van der Waals surface area (Å²) in [5.41, 5.74) is 5.29. The molecule has 178 valence electrons. The zero-order valence-electron chi connectivity index (χ0n) is 20.0. The van der Waals surface area contributed by atoms with Gasteiger partial charge in [-0.2, -0.15) is 6.67 Å². The van der Waals surface area contributed by atoms with Crippen molar-refractivity contribution in [2.24, 2.45) is 0 Å². The minimum absolute atomic E-state index is 0. The Morgan fingerprint density at radius 3 is 2.50 bits per heavy atom. The average Bonchev–Trinajstić information content (AvgIpc) is 3.31. The summed E-state index contributed by atoms with van der Waals surface area (Å²) in [4.78, 5) is 8.70. The van der Waals surface area contributed by atoms with E-state index in [1.165, 1.54) is 5.69 Å². The van der Waals surface area contributed by atoms with Crippen molar-refractivity contribution in [1.82, 2.24) is 4.98 Å². The van der Waals surface area contributed by atoms with Gasteiger partial charge < -0.3 is 19.5 Å². The molecule has 0 unspecified atom stereocenters. The Kier molecular flexibility index (Phi) is 6.77. The fraction of sp³-hybridized carbons (Fsp3) is 0.0968. The van der Waals surface area contributed by atoms with Crippen LogP contribution in [0.3, 0.4) is 0 Å². The molecular weight excluding hydrogens is 623 g/mol. The zero-order valence-corrected chi connectivity index (χ0v) is 22.4. The van der Waals surface area contributed by atoms with Crippen molar-refractivity contribution in [3.05, 3.63) is 116 Å². The van der Waals surface area contributed by atoms with Gasteiger partial charge >= 0.3 is 20.1 Å². The molecule has 4 nitrogen and oxygen atoms in total. The predicted octanol–water partition coefficient (Wildman–Crippen LogP) is 7.78. The quantitative estimate of drug-likeness (QED) is 0.183. The molecule has 3 heterocycles. The Morgan fingerprint density at radius 2 is 1.72 bits per heavy atom. The maximum Gasteiger partial charge on any atom is 3.00 e. The number of rotatable bonds is 2. The molecular formula is C31H24IrN3O. The fourth-order valence-corrected chi connectivity index (χ4v) is 4.45. The van der Waals surface area contributed by atoms with Crippen LogP contribution in [-0.4, -0.2) is 11.0 Å². The first-order chi connectivity index (χ1) is 17.2. The summed E-state index contributed by atoms with van der Waals surface area (Å²) < 4.78 is 6.19. The van der Waals surface area contributed by atoms with Gasteiger partial charge in [-0.05, 0) is 49.5 Å². The second-order valence-electron chi connectivity index (χ2n) is 8.77. The maximum absolute atomic E-state index is 6.19. The molecule has 7 rings (SSSR count). The van der Waals surface area contributed by atoms with Crippen molar-refractivity contribution in [3.63, 3.8) is 0 Å². The van der Waals surface area contributed by atoms with E-state index in [0.29, 0.717) is 6.04 Å². The number of benzene rings is 4. The molecule has 0 aliphatic carbocycles. The SMILES string of the molecule is CC(C)N1[CH-]N2c3[c-]c4ccccc4cc3Oc3cccc1c32.[Ir+3].[c-]1ccccc1-c1ccccn1. The van der Waals surface area contributed by atoms with Crippen molar-refractivity contribution in [1.29, 1.82) is 0 Å². The largest absolute Gasteiger partial charge is 3.00 e. The van der Waals surface area contributed by atoms with Crippen LogP contribution in [0.1, 0.15) is 13.8 Å². The van der Waals surface area contributed by atoms with Crippen molar-refractivity contribution in [2.45, 2.75) is 19.9 Å². The molecule has 0 saturated heterocycles. The number of aromatic nitrogens is 1. The summed E-state index contributed by atoms with van der Waals surface area (Å²) in [6, 6.07) is 37.3. The topological polar surface area (TPSA) is 28.6 Å². The van der Waals surface area contributed by atoms with E-state index >= 15 is 0 Å². The first-order valence-corrected chi connectivity index (χ1v) is 11.8. The van der Waals surface area contributed by atoms with Gasteiger partial charge in [0, 0.05) is 11.9 Å². The Labute approximate surface area is 225 Å². The van der Waals surface area contributed by atoms with Crippen LogP contribution in [0.2, 0.25) is 0 Å². The van der Waals surface area contributed by atoms with E-state index < -0.39 is 0 Å². The zero-order chi connectivity index (χ0) is 23.8. The molecule has 4 aromatic carbocycles. The number of anilines is 3. The van der Waals surface area contributed by atoms with Gasteiger partial charge in [-0.15, -0.1) is 64.9 Å². The van der Waals surface area contributed by atoms with Crippen LogP contribution in [0, 0.1) is 18.8 Å². The van der Waals surface area contributed by atoms with Gasteiger partial charge in [0.1, 0.15) is 5.75 Å². The summed E-state index contributed by atoms with van der Waals surface area (Å²) in [6.07, 6.45) is 1.79. The van der Waals surface area contributed by atoms with Gasteiger partial charge in [-0.1, -0.05) is 36.4 Å². The van der Waals surface area contributed by atoms with Crippen LogP contribution < -0.4 is 14.5 Å². The molecule has 0 saturated carbocycles. The standard InChI is InChI=1S/C20H16N2O.C11H8N.Ir/c1-13(2)21-12-22-17-10-14-6-3-4-7-15(14)11-19(17)23-18-9-5-8-16(21)20(18)22;1-2-6-10(7-3-1)11-8-4-5-9-12-11;/h3-9,11-13H,1-2H3;1-6,8-9H;/q-2;-1;+3. The number of fused-ring (bicyclic) bond motifs is 3. The van der Waals surface area contributed by atoms with Crippen LogP contribution in [0.15, 0.2) is 97.2 Å². The minimum atomic E-state index is 0. The van der Waals surface area contributed by atoms with Crippen molar-refractivity contribution in [2.75, 3.05) is 9.80 Å². The van der Waals surface area contributed by atoms with E-state index in [9.17, 15) is 0 Å². The molecule has 36 heavy (non-hydrogen) atoms. The first-order valence-electron chi connectivity index (χ1n) is 11.8. The van der Waals surface area contributed by atoms with Gasteiger partial charge in [0.15, 0.2) is 0 Å². The molecule has 5 heteroatoms. The number of ether oxygens (including phenoxy) is 1. The van der Waals surface area contributed by atoms with E-state index in [2.05, 4.69) is 77.8 Å². The Morgan fingerprint density at radius 1 is 0.889 bits per heavy atom. The Hall–Kier alpha value is -3.66. The van der Waals surface area contributed by atoms with Crippen LogP contribution >= 0.6 is 0 Å². The van der Waals surface area contributed by atoms with Crippen molar-refractivity contribution < 1.29 is 24.8 Å². The third-order valence-electron chi connectivity index (χ3n) is 6.14. The number of para-hydroxylation sites is 1. The molecule has 2 aliphatic rings. The summed E-state index contributed by atoms with van der Waals surface area (Å²) in [7, 11) is 0. The number of pyridine rings is 1. The van der Waals surface area contributed by atoms with Crippen molar-refractivity contribution >= 4 is 27.8 Å². The predicted molar refractivity (Wildman–Crippen MR) is 142 cm³/mol. The Bertz CT molecular complexity index is 1450. The molecule has 0 amide bonds. The monoisotopic (exact) mass is 647 g/mol. The third kappa shape index (κ3) is 4.37. The molecule has 1 aromatic heterocycles. The van der Waals surface area contributed by atoms with E-state index in [1.54, 1.807) is 6.20 Å². The van der Waals surface area contributed by atoms with Crippen LogP contribution in [0.4, 0.5) is 17.1 Å². The van der Waals surface area contributed by atoms with Gasteiger partial charge in [0.2, 0.25) is 0 Å². The molecule has 0 N–H and O–H groups in total. The molecule has 0 spiro atoms. The maximum atomic E-state index is 6.19. The third-order valence-corrected chi connectivity index (χ3v) is 6.14. The summed E-state index contributed by atoms with van der Waals surface area (Å²) in [5.74, 6) is 1.76. The molecule has 0 fully saturated rings. The molecule has 0 atom stereocenters. The minimum Gasteiger partial charge on any atom is -0.499 e. The average molecular weight is 647 g/mol. The number of hydrogen-bond acceptors (Lipinski definition) is 4. The van der Waals surface area contributed by atoms with Crippen molar-refractivity contribution in [3.8, 4) is 22.8 Å². The second kappa shape index (κ2) is 10.1. The van der Waals surface area contributed by atoms with E-state index in [1.807, 2.05) is 60.7 Å². The second-order valence-corrected chi connectivity index (χ2v) is 8.77. The van der Waals surface area contributed by atoms with Gasteiger partial charge in [0.05, 0.1) is 11.4 Å². The smallest absolute Gasteiger partial charge is 0.499 e. The van der Waals surface area contributed by atoms with E-state index in [-0.39, 0.29) is 20.1 Å². The van der Waals surface area contributed by atoms with Gasteiger partial charge in [-0.25, -0.2) is 0 Å². The van der Waals surface area contributed by atoms with Crippen LogP contribution in [0.25, 0.3) is 22.0 Å². The van der Waals surface area contributed by atoms with E-state index in [4.69, 9.17) is 4.74 Å². The van der Waals surface area contributed by atoms with Gasteiger partial charge in [0.25, 0.3) is 0 Å². The number of nitrogens with zero attached hydrogens (tertiary/aromatic N) is 3. The van der Waals surface area contributed by atoms with Crippen LogP contribution in [0.5, 0.6) is 11.5 Å². The molecule has 0 bridgehead atoms. The summed E-state index contributed by atoms with van der Waals surface area (Å²) in [6.45, 7) is 6.55. The van der Waals surface area contributed by atoms with Crippen LogP contribution in [-0.2, 0) is 20.1 Å². The van der Waals surface area contributed by atoms with Gasteiger partial charge in [-0.3, -0.25) is 0 Å².